The van der Waals surface area contributed by atoms with E-state index in [-0.39, 0.29) is 6.26 Å². The maximum Gasteiger partial charge on any atom is 0.206 e. The molecular formula is C5H11F3S3. The van der Waals surface area contributed by atoms with E-state index in [9.17, 15) is 11.7 Å². The molecule has 0 unspecified atom stereocenters. The summed E-state index contributed by atoms with van der Waals surface area (Å²) in [6.07, 6.45) is 3.16. The molecule has 0 aromatic heterocycles. The van der Waals surface area contributed by atoms with Gasteiger partial charge in [0.05, 0.1) is 0 Å². The summed E-state index contributed by atoms with van der Waals surface area (Å²) in [5.74, 6) is 2.76. The second-order valence-electron chi connectivity index (χ2n) is 1.99. The van der Waals surface area contributed by atoms with E-state index in [1.54, 1.807) is 0 Å². The van der Waals surface area contributed by atoms with Crippen molar-refractivity contribution in [3.05, 3.63) is 0 Å². The number of halogens is 3. The Labute approximate surface area is 75.3 Å². The first kappa shape index (κ1) is 11.8. The molecule has 0 radical (unpaired) electrons. The Hall–Kier alpha value is 0.840. The number of hydrogen-bond acceptors (Lipinski definition) is 2. The molecule has 0 saturated carbocycles. The molecule has 0 atom stereocenters. The average Bonchev–Trinajstić information content (AvgIpc) is 1.88. The van der Waals surface area contributed by atoms with Crippen LogP contribution in [0.25, 0.3) is 0 Å². The van der Waals surface area contributed by atoms with Gasteiger partial charge in [-0.1, -0.05) is 21.6 Å². The van der Waals surface area contributed by atoms with Gasteiger partial charge in [-0.15, -0.1) is 11.7 Å². The van der Waals surface area contributed by atoms with E-state index in [0.29, 0.717) is 0 Å². The van der Waals surface area contributed by atoms with Gasteiger partial charge in [-0.3, -0.25) is 0 Å². The van der Waals surface area contributed by atoms with Crippen molar-refractivity contribution in [3.8, 4) is 0 Å². The largest absolute Gasteiger partial charge is 0.206 e. The van der Waals surface area contributed by atoms with Crippen molar-refractivity contribution in [1.29, 1.82) is 0 Å². The molecule has 1 aliphatic rings. The molecule has 11 heavy (non-hydrogen) atoms. The summed E-state index contributed by atoms with van der Waals surface area (Å²) in [7, 11) is 4.02. The molecular weight excluding hydrogens is 213 g/mol. The van der Waals surface area contributed by atoms with Gasteiger partial charge in [0.1, 0.15) is 0 Å². The fourth-order valence-corrected chi connectivity index (χ4v) is 2.73. The molecule has 1 heterocycles. The zero-order valence-electron chi connectivity index (χ0n) is 6.19. The highest BCUT2D eigenvalue weighted by atomic mass is 33.1. The fraction of sp³-hybridized carbons (Fsp3) is 1.00. The molecule has 0 nitrogen and oxygen atoms in total. The van der Waals surface area contributed by atoms with Gasteiger partial charge in [0, 0.05) is 17.8 Å². The second kappa shape index (κ2) is 6.37. The lowest BCUT2D eigenvalue weighted by Gasteiger charge is -2.04. The second-order valence-corrected chi connectivity index (χ2v) is 5.97. The van der Waals surface area contributed by atoms with Crippen LogP contribution in [0.1, 0.15) is 12.8 Å². The summed E-state index contributed by atoms with van der Waals surface area (Å²) in [5, 5.41) is 0. The average molecular weight is 224 g/mol. The normalized spacial score (nSPS) is 20.0. The summed E-state index contributed by atoms with van der Waals surface area (Å²) in [4.78, 5) is 0. The minimum absolute atomic E-state index is 0.271. The lowest BCUT2D eigenvalue weighted by atomic mass is 10.4. The van der Waals surface area contributed by atoms with E-state index in [1.165, 1.54) is 24.3 Å². The van der Waals surface area contributed by atoms with Crippen molar-refractivity contribution < 1.29 is 11.7 Å². The minimum atomic E-state index is -4.67. The van der Waals surface area contributed by atoms with Gasteiger partial charge in [-0.05, 0) is 12.8 Å². The Kier molecular flexibility index (Phi) is 6.85. The van der Waals surface area contributed by atoms with Crippen molar-refractivity contribution in [2.24, 2.45) is 0 Å². The molecule has 0 aromatic rings. The van der Waals surface area contributed by atoms with Crippen LogP contribution < -0.4 is 0 Å². The van der Waals surface area contributed by atoms with Crippen LogP contribution in [0.2, 0.25) is 0 Å². The van der Waals surface area contributed by atoms with Crippen LogP contribution in [0, 0.1) is 0 Å². The lowest BCUT2D eigenvalue weighted by molar-refractivity contribution is 0.647. The van der Waals surface area contributed by atoms with Gasteiger partial charge in [-0.2, -0.15) is 0 Å². The van der Waals surface area contributed by atoms with Crippen LogP contribution in [-0.2, 0) is 0 Å². The highest BCUT2D eigenvalue weighted by molar-refractivity contribution is 8.76. The predicted octanol–water partition coefficient (Wildman–Crippen LogP) is 4.24. The Bertz CT molecular complexity index is 72.0. The smallest absolute Gasteiger partial charge is 0.125 e. The van der Waals surface area contributed by atoms with E-state index < -0.39 is 11.2 Å². The zero-order chi connectivity index (χ0) is 8.74. The Morgan fingerprint density at radius 3 is 1.36 bits per heavy atom. The van der Waals surface area contributed by atoms with Gasteiger partial charge in [-0.25, -0.2) is 0 Å². The monoisotopic (exact) mass is 224 g/mol. The molecule has 70 valence electrons. The van der Waals surface area contributed by atoms with E-state index in [1.807, 2.05) is 21.6 Å². The van der Waals surface area contributed by atoms with E-state index in [4.69, 9.17) is 0 Å². The van der Waals surface area contributed by atoms with Crippen LogP contribution in [0.3, 0.4) is 0 Å². The zero-order valence-corrected chi connectivity index (χ0v) is 8.64. The molecule has 6 heteroatoms. The van der Waals surface area contributed by atoms with Crippen LogP contribution >= 0.6 is 32.8 Å². The maximum absolute atomic E-state index is 10.4. The third kappa shape index (κ3) is 18.1. The molecule has 0 aromatic carbocycles. The van der Waals surface area contributed by atoms with E-state index in [0.717, 1.165) is 0 Å². The topological polar surface area (TPSA) is 0 Å². The molecule has 0 spiro atoms. The SMILES string of the molecule is C1CCSSC1.CS(F)(F)F. The van der Waals surface area contributed by atoms with Crippen molar-refractivity contribution in [3.63, 3.8) is 0 Å². The summed E-state index contributed by atoms with van der Waals surface area (Å²) >= 11 is -4.67. The quantitative estimate of drug-likeness (QED) is 0.565. The van der Waals surface area contributed by atoms with E-state index >= 15 is 0 Å². The first-order valence-electron chi connectivity index (χ1n) is 3.12. The Morgan fingerprint density at radius 2 is 1.27 bits per heavy atom. The molecule has 1 aliphatic heterocycles. The van der Waals surface area contributed by atoms with Gasteiger partial charge < -0.3 is 0 Å². The van der Waals surface area contributed by atoms with Gasteiger partial charge in [0.15, 0.2) is 0 Å². The number of rotatable bonds is 0. The number of hydrogen-bond donors (Lipinski definition) is 0. The predicted molar refractivity (Wildman–Crippen MR) is 51.0 cm³/mol. The molecule has 0 amide bonds. The van der Waals surface area contributed by atoms with E-state index in [2.05, 4.69) is 0 Å². The maximum atomic E-state index is 10.4. The summed E-state index contributed by atoms with van der Waals surface area (Å²) in [6, 6.07) is 0. The van der Waals surface area contributed by atoms with Crippen LogP contribution in [0.5, 0.6) is 0 Å². The van der Waals surface area contributed by atoms with Gasteiger partial charge in [0.2, 0.25) is 11.2 Å². The van der Waals surface area contributed by atoms with Gasteiger partial charge >= 0.3 is 0 Å². The third-order valence-corrected chi connectivity index (χ3v) is 3.37. The van der Waals surface area contributed by atoms with Crippen molar-refractivity contribution in [2.45, 2.75) is 12.8 Å². The van der Waals surface area contributed by atoms with Crippen molar-refractivity contribution in [2.75, 3.05) is 17.8 Å². The molecule has 0 N–H and O–H groups in total. The summed E-state index contributed by atoms with van der Waals surface area (Å²) in [6.45, 7) is 0. The molecule has 0 aliphatic carbocycles. The fourth-order valence-electron chi connectivity index (χ4n) is 0.440. The highest BCUT2D eigenvalue weighted by Gasteiger charge is 2.07. The lowest BCUT2D eigenvalue weighted by Crippen LogP contribution is -1.86. The van der Waals surface area contributed by atoms with Gasteiger partial charge in [0.25, 0.3) is 0 Å². The molecule has 1 saturated heterocycles. The first-order chi connectivity index (χ1) is 5.00. The van der Waals surface area contributed by atoms with Crippen LogP contribution in [0.15, 0.2) is 0 Å². The minimum Gasteiger partial charge on any atom is -0.125 e. The third-order valence-electron chi connectivity index (χ3n) is 0.789. The highest BCUT2D eigenvalue weighted by Crippen LogP contribution is 2.48. The Morgan fingerprint density at radius 1 is 1.00 bits per heavy atom. The molecule has 1 rings (SSSR count). The van der Waals surface area contributed by atoms with Crippen molar-refractivity contribution >= 4 is 32.8 Å². The van der Waals surface area contributed by atoms with Crippen LogP contribution in [0.4, 0.5) is 11.7 Å². The molecule has 0 bridgehead atoms. The summed E-state index contributed by atoms with van der Waals surface area (Å²) in [5.41, 5.74) is 0. The first-order valence-corrected chi connectivity index (χ1v) is 7.35. The molecule has 1 fully saturated rings. The summed E-state index contributed by atoms with van der Waals surface area (Å²) < 4.78 is 31.3. The van der Waals surface area contributed by atoms with Crippen LogP contribution in [-0.4, -0.2) is 17.8 Å². The Balaban J connectivity index is 0.000000187. The standard InChI is InChI=1S/C4H8S2.CH3F3S/c1-2-4-6-5-3-1;1-5(2,3)4/h1-4H2;1H3. The van der Waals surface area contributed by atoms with Crippen molar-refractivity contribution in [1.82, 2.24) is 0 Å².